The molecule has 1 heterocycles. The molecule has 1 atom stereocenters. The lowest BCUT2D eigenvalue weighted by atomic mass is 9.96. The molecule has 4 nitrogen and oxygen atoms in total. The van der Waals surface area contributed by atoms with Crippen molar-refractivity contribution in [3.05, 3.63) is 29.8 Å². The standard InChI is InChI=1S/C14H18N2O2/c1-9-7-13(17)16(14(18)8-9)12-6-4-3-5-11(12)10(2)15/h3-6,9-10H,7-8,15H2,1-2H3. The fourth-order valence-corrected chi connectivity index (χ4v) is 2.33. The fraction of sp³-hybridized carbons (Fsp3) is 0.429. The molecule has 1 saturated heterocycles. The third kappa shape index (κ3) is 2.29. The van der Waals surface area contributed by atoms with E-state index in [1.165, 1.54) is 4.90 Å². The maximum absolute atomic E-state index is 12.1. The topological polar surface area (TPSA) is 63.4 Å². The normalized spacial score (nSPS) is 19.2. The molecular formula is C14H18N2O2. The molecule has 2 N–H and O–H groups in total. The van der Waals surface area contributed by atoms with Crippen molar-refractivity contribution in [3.8, 4) is 0 Å². The van der Waals surface area contributed by atoms with E-state index in [9.17, 15) is 9.59 Å². The average molecular weight is 246 g/mol. The van der Waals surface area contributed by atoms with E-state index in [0.717, 1.165) is 5.56 Å². The second-order valence-electron chi connectivity index (χ2n) is 4.98. The molecule has 1 aromatic carbocycles. The smallest absolute Gasteiger partial charge is 0.234 e. The summed E-state index contributed by atoms with van der Waals surface area (Å²) in [5.74, 6) is -0.137. The van der Waals surface area contributed by atoms with Gasteiger partial charge in [-0.25, -0.2) is 0 Å². The SMILES string of the molecule is CC1CC(=O)N(c2ccccc2C(C)N)C(=O)C1. The maximum Gasteiger partial charge on any atom is 0.234 e. The van der Waals surface area contributed by atoms with Crippen LogP contribution in [0.15, 0.2) is 24.3 Å². The van der Waals surface area contributed by atoms with Crippen molar-refractivity contribution in [1.82, 2.24) is 0 Å². The summed E-state index contributed by atoms with van der Waals surface area (Å²) < 4.78 is 0. The Morgan fingerprint density at radius 1 is 1.22 bits per heavy atom. The molecule has 2 amide bonds. The number of piperidine rings is 1. The number of benzene rings is 1. The van der Waals surface area contributed by atoms with E-state index in [-0.39, 0.29) is 23.8 Å². The lowest BCUT2D eigenvalue weighted by Gasteiger charge is -2.30. The number of rotatable bonds is 2. The highest BCUT2D eigenvalue weighted by Crippen LogP contribution is 2.30. The summed E-state index contributed by atoms with van der Waals surface area (Å²) in [6.07, 6.45) is 0.831. The molecule has 0 aromatic heterocycles. The Kier molecular flexibility index (Phi) is 3.48. The minimum absolute atomic E-state index is 0.128. The van der Waals surface area contributed by atoms with Crippen LogP contribution >= 0.6 is 0 Å². The third-order valence-corrected chi connectivity index (χ3v) is 3.21. The van der Waals surface area contributed by atoms with Crippen LogP contribution in [0.4, 0.5) is 5.69 Å². The lowest BCUT2D eigenvalue weighted by molar-refractivity contribution is -0.130. The van der Waals surface area contributed by atoms with Crippen molar-refractivity contribution < 1.29 is 9.59 Å². The predicted molar refractivity (Wildman–Crippen MR) is 69.9 cm³/mol. The molecule has 1 aliphatic rings. The molecule has 1 unspecified atom stereocenters. The highest BCUT2D eigenvalue weighted by Gasteiger charge is 2.32. The number of hydrogen-bond acceptors (Lipinski definition) is 3. The zero-order chi connectivity index (χ0) is 13.3. The molecule has 18 heavy (non-hydrogen) atoms. The Hall–Kier alpha value is -1.68. The Labute approximate surface area is 107 Å². The van der Waals surface area contributed by atoms with Gasteiger partial charge in [0.05, 0.1) is 5.69 Å². The van der Waals surface area contributed by atoms with Crippen LogP contribution in [0.2, 0.25) is 0 Å². The van der Waals surface area contributed by atoms with Gasteiger partial charge < -0.3 is 5.73 Å². The van der Waals surface area contributed by atoms with Gasteiger partial charge in [-0.1, -0.05) is 25.1 Å². The molecule has 4 heteroatoms. The van der Waals surface area contributed by atoms with Crippen LogP contribution in [0.25, 0.3) is 0 Å². The molecule has 0 aliphatic carbocycles. The first kappa shape index (κ1) is 12.8. The third-order valence-electron chi connectivity index (χ3n) is 3.21. The van der Waals surface area contributed by atoms with Crippen LogP contribution in [-0.4, -0.2) is 11.8 Å². The Morgan fingerprint density at radius 2 is 1.78 bits per heavy atom. The molecule has 1 aliphatic heterocycles. The predicted octanol–water partition coefficient (Wildman–Crippen LogP) is 2.00. The van der Waals surface area contributed by atoms with Crippen molar-refractivity contribution >= 4 is 17.5 Å². The Bertz CT molecular complexity index is 464. The van der Waals surface area contributed by atoms with Gasteiger partial charge in [-0.3, -0.25) is 14.5 Å². The van der Waals surface area contributed by atoms with Crippen molar-refractivity contribution in [2.24, 2.45) is 11.7 Å². The first-order valence-electron chi connectivity index (χ1n) is 6.21. The van der Waals surface area contributed by atoms with Crippen LogP contribution < -0.4 is 10.6 Å². The molecule has 0 spiro atoms. The van der Waals surface area contributed by atoms with Crippen molar-refractivity contribution in [3.63, 3.8) is 0 Å². The second kappa shape index (κ2) is 4.90. The first-order chi connectivity index (χ1) is 8.50. The number of para-hydroxylation sites is 1. The van der Waals surface area contributed by atoms with E-state index in [0.29, 0.717) is 18.5 Å². The van der Waals surface area contributed by atoms with Crippen LogP contribution in [0.5, 0.6) is 0 Å². The summed E-state index contributed by atoms with van der Waals surface area (Å²) in [6, 6.07) is 7.12. The van der Waals surface area contributed by atoms with Crippen LogP contribution in [-0.2, 0) is 9.59 Å². The minimum Gasteiger partial charge on any atom is -0.324 e. The van der Waals surface area contributed by atoms with Crippen LogP contribution in [0, 0.1) is 5.92 Å². The second-order valence-corrected chi connectivity index (χ2v) is 4.98. The van der Waals surface area contributed by atoms with Crippen molar-refractivity contribution in [2.75, 3.05) is 4.90 Å². The van der Waals surface area contributed by atoms with Gasteiger partial charge in [-0.15, -0.1) is 0 Å². The zero-order valence-electron chi connectivity index (χ0n) is 10.7. The molecule has 0 saturated carbocycles. The molecule has 1 aromatic rings. The summed E-state index contributed by atoms with van der Waals surface area (Å²) in [7, 11) is 0. The van der Waals surface area contributed by atoms with Gasteiger partial charge in [0, 0.05) is 18.9 Å². The number of anilines is 1. The number of carbonyl (C=O) groups excluding carboxylic acids is 2. The highest BCUT2D eigenvalue weighted by molar-refractivity contribution is 6.17. The van der Waals surface area contributed by atoms with Crippen molar-refractivity contribution in [2.45, 2.75) is 32.7 Å². The monoisotopic (exact) mass is 246 g/mol. The van der Waals surface area contributed by atoms with Gasteiger partial charge in [-0.05, 0) is 24.5 Å². The molecule has 96 valence electrons. The van der Waals surface area contributed by atoms with Gasteiger partial charge in [0.15, 0.2) is 0 Å². The molecule has 1 fully saturated rings. The number of imide groups is 1. The molecular weight excluding hydrogens is 228 g/mol. The fourth-order valence-electron chi connectivity index (χ4n) is 2.33. The Morgan fingerprint density at radius 3 is 2.33 bits per heavy atom. The van der Waals surface area contributed by atoms with Gasteiger partial charge in [0.2, 0.25) is 11.8 Å². The van der Waals surface area contributed by atoms with Crippen LogP contribution in [0.1, 0.15) is 38.3 Å². The number of carbonyl (C=O) groups is 2. The average Bonchev–Trinajstić information content (AvgIpc) is 2.28. The summed E-state index contributed by atoms with van der Waals surface area (Å²) in [5, 5.41) is 0. The minimum atomic E-state index is -0.207. The van der Waals surface area contributed by atoms with Crippen LogP contribution in [0.3, 0.4) is 0 Å². The summed E-state index contributed by atoms with van der Waals surface area (Å²) in [4.78, 5) is 25.4. The van der Waals surface area contributed by atoms with E-state index in [2.05, 4.69) is 0 Å². The number of nitrogens with zero attached hydrogens (tertiary/aromatic N) is 1. The Balaban J connectivity index is 2.42. The van der Waals surface area contributed by atoms with Gasteiger partial charge in [-0.2, -0.15) is 0 Å². The number of hydrogen-bond donors (Lipinski definition) is 1. The highest BCUT2D eigenvalue weighted by atomic mass is 16.2. The first-order valence-corrected chi connectivity index (χ1v) is 6.21. The van der Waals surface area contributed by atoms with E-state index >= 15 is 0 Å². The summed E-state index contributed by atoms with van der Waals surface area (Å²) >= 11 is 0. The lowest BCUT2D eigenvalue weighted by Crippen LogP contribution is -2.43. The maximum atomic E-state index is 12.1. The van der Waals surface area contributed by atoms with Crippen molar-refractivity contribution in [1.29, 1.82) is 0 Å². The van der Waals surface area contributed by atoms with E-state index in [1.807, 2.05) is 32.0 Å². The zero-order valence-corrected chi connectivity index (χ0v) is 10.7. The van der Waals surface area contributed by atoms with Gasteiger partial charge in [0.25, 0.3) is 0 Å². The molecule has 0 radical (unpaired) electrons. The molecule has 2 rings (SSSR count). The summed E-state index contributed by atoms with van der Waals surface area (Å²) in [6.45, 7) is 3.77. The number of amides is 2. The van der Waals surface area contributed by atoms with Gasteiger partial charge >= 0.3 is 0 Å². The largest absolute Gasteiger partial charge is 0.324 e. The van der Waals surface area contributed by atoms with E-state index < -0.39 is 0 Å². The van der Waals surface area contributed by atoms with E-state index in [1.54, 1.807) is 6.07 Å². The molecule has 0 bridgehead atoms. The van der Waals surface area contributed by atoms with E-state index in [4.69, 9.17) is 5.73 Å². The van der Waals surface area contributed by atoms with Gasteiger partial charge in [0.1, 0.15) is 0 Å². The quantitative estimate of drug-likeness (QED) is 0.812. The number of nitrogens with two attached hydrogens (primary N) is 1. The summed E-state index contributed by atoms with van der Waals surface area (Å²) in [5.41, 5.74) is 7.35.